The van der Waals surface area contributed by atoms with Crippen LogP contribution in [0.25, 0.3) is 0 Å². The van der Waals surface area contributed by atoms with Gasteiger partial charge in [-0.05, 0) is 31.5 Å². The number of rotatable bonds is 4. The first-order valence-electron chi connectivity index (χ1n) is 6.39. The Morgan fingerprint density at radius 2 is 1.89 bits per heavy atom. The molecule has 1 aromatic rings. The van der Waals surface area contributed by atoms with Gasteiger partial charge in [0.2, 0.25) is 0 Å². The van der Waals surface area contributed by atoms with Crippen molar-refractivity contribution in [1.82, 2.24) is 4.90 Å². The van der Waals surface area contributed by atoms with Crippen molar-refractivity contribution in [2.24, 2.45) is 0 Å². The van der Waals surface area contributed by atoms with Gasteiger partial charge in [0.25, 0.3) is 0 Å². The number of carboxylic acid groups (broad SMARTS) is 1. The molecule has 1 aliphatic heterocycles. The van der Waals surface area contributed by atoms with Crippen molar-refractivity contribution < 1.29 is 9.90 Å². The Morgan fingerprint density at radius 1 is 1.32 bits per heavy atom. The zero-order valence-electron chi connectivity index (χ0n) is 10.8. The van der Waals surface area contributed by atoms with Crippen molar-refractivity contribution in [3.8, 4) is 0 Å². The van der Waals surface area contributed by atoms with Gasteiger partial charge in [-0.2, -0.15) is 0 Å². The van der Waals surface area contributed by atoms with Gasteiger partial charge in [-0.3, -0.25) is 9.69 Å². The van der Waals surface area contributed by atoms with Gasteiger partial charge >= 0.3 is 5.97 Å². The first kappa shape index (κ1) is 14.1. The van der Waals surface area contributed by atoms with Gasteiger partial charge in [-0.1, -0.05) is 48.5 Å². The first-order valence-corrected chi connectivity index (χ1v) is 6.77. The zero-order valence-corrected chi connectivity index (χ0v) is 11.6. The number of piperidine rings is 1. The summed E-state index contributed by atoms with van der Waals surface area (Å²) < 4.78 is 0. The summed E-state index contributed by atoms with van der Waals surface area (Å²) in [5.41, 5.74) is 0.137. The van der Waals surface area contributed by atoms with Crippen LogP contribution < -0.4 is 0 Å². The topological polar surface area (TPSA) is 40.5 Å². The number of hydrogen-bond acceptors (Lipinski definition) is 2. The largest absolute Gasteiger partial charge is 0.481 e. The van der Waals surface area contributed by atoms with Gasteiger partial charge < -0.3 is 5.11 Å². The molecule has 1 aliphatic rings. The molecule has 0 amide bonds. The van der Waals surface area contributed by atoms with Crippen molar-refractivity contribution in [2.45, 2.75) is 18.3 Å². The standard InChI is InChI=1S/C15H18ClNO2/c1-12(16)11-17-9-7-15(8-10-17,14(18)19)13-5-3-2-4-6-13/h2-6H,1,7-11H2,(H,18,19). The van der Waals surface area contributed by atoms with E-state index in [1.54, 1.807) is 0 Å². The number of carbonyl (C=O) groups is 1. The molecule has 102 valence electrons. The quantitative estimate of drug-likeness (QED) is 0.921. The second-order valence-corrected chi connectivity index (χ2v) is 5.58. The van der Waals surface area contributed by atoms with Gasteiger partial charge in [0.05, 0.1) is 5.41 Å². The van der Waals surface area contributed by atoms with Gasteiger partial charge in [0.1, 0.15) is 0 Å². The molecule has 2 rings (SSSR count). The van der Waals surface area contributed by atoms with Gasteiger partial charge in [0.15, 0.2) is 0 Å². The highest BCUT2D eigenvalue weighted by molar-refractivity contribution is 6.29. The van der Waals surface area contributed by atoms with Crippen LogP contribution in [0.5, 0.6) is 0 Å². The van der Waals surface area contributed by atoms with Crippen LogP contribution in [0.15, 0.2) is 41.9 Å². The lowest BCUT2D eigenvalue weighted by atomic mass is 9.73. The zero-order chi connectivity index (χ0) is 13.9. The Bertz CT molecular complexity index is 464. The van der Waals surface area contributed by atoms with E-state index in [0.717, 1.165) is 18.7 Å². The molecule has 0 spiro atoms. The van der Waals surface area contributed by atoms with Crippen LogP contribution in [0.4, 0.5) is 0 Å². The van der Waals surface area contributed by atoms with Crippen LogP contribution in [0.3, 0.4) is 0 Å². The molecule has 0 aliphatic carbocycles. The fourth-order valence-corrected chi connectivity index (χ4v) is 2.89. The van der Waals surface area contributed by atoms with E-state index < -0.39 is 11.4 Å². The molecule has 0 saturated carbocycles. The maximum Gasteiger partial charge on any atom is 0.314 e. The second-order valence-electron chi connectivity index (χ2n) is 5.05. The summed E-state index contributed by atoms with van der Waals surface area (Å²) in [4.78, 5) is 13.9. The molecule has 0 atom stereocenters. The number of aliphatic carboxylic acids is 1. The maximum atomic E-state index is 11.7. The predicted octanol–water partition coefficient (Wildman–Crippen LogP) is 2.86. The fraction of sp³-hybridized carbons (Fsp3) is 0.400. The number of nitrogens with zero attached hydrogens (tertiary/aromatic N) is 1. The lowest BCUT2D eigenvalue weighted by molar-refractivity contribution is -0.145. The van der Waals surface area contributed by atoms with Gasteiger partial charge in [-0.25, -0.2) is 0 Å². The Labute approximate surface area is 118 Å². The minimum Gasteiger partial charge on any atom is -0.481 e. The van der Waals surface area contributed by atoms with E-state index in [2.05, 4.69) is 11.5 Å². The molecule has 19 heavy (non-hydrogen) atoms. The Kier molecular flexibility index (Phi) is 4.27. The van der Waals surface area contributed by atoms with Gasteiger partial charge in [-0.15, -0.1) is 0 Å². The number of benzene rings is 1. The van der Waals surface area contributed by atoms with E-state index in [4.69, 9.17) is 11.6 Å². The number of halogens is 1. The van der Waals surface area contributed by atoms with Crippen LogP contribution in [0.2, 0.25) is 0 Å². The molecule has 0 unspecified atom stereocenters. The molecule has 0 aromatic heterocycles. The normalized spacial score (nSPS) is 19.0. The minimum absolute atomic E-state index is 0.600. The predicted molar refractivity (Wildman–Crippen MR) is 76.4 cm³/mol. The highest BCUT2D eigenvalue weighted by Crippen LogP contribution is 2.36. The van der Waals surface area contributed by atoms with Crippen LogP contribution >= 0.6 is 11.6 Å². The third kappa shape index (κ3) is 2.99. The summed E-state index contributed by atoms with van der Waals surface area (Å²) in [5, 5.41) is 10.2. The molecule has 1 saturated heterocycles. The van der Waals surface area contributed by atoms with Gasteiger partial charge in [0, 0.05) is 11.6 Å². The second kappa shape index (κ2) is 5.76. The fourth-order valence-electron chi connectivity index (χ4n) is 2.72. The van der Waals surface area contributed by atoms with Crippen molar-refractivity contribution in [3.63, 3.8) is 0 Å². The summed E-state index contributed by atoms with van der Waals surface area (Å²) in [6.45, 7) is 5.78. The third-order valence-electron chi connectivity index (χ3n) is 3.84. The molecule has 4 heteroatoms. The van der Waals surface area contributed by atoms with Crippen LogP contribution in [0.1, 0.15) is 18.4 Å². The van der Waals surface area contributed by atoms with E-state index >= 15 is 0 Å². The molecule has 1 N–H and O–H groups in total. The minimum atomic E-state index is -0.759. The van der Waals surface area contributed by atoms with Crippen molar-refractivity contribution >= 4 is 17.6 Å². The van der Waals surface area contributed by atoms with E-state index in [1.165, 1.54) is 0 Å². The Morgan fingerprint density at radius 3 is 2.37 bits per heavy atom. The van der Waals surface area contributed by atoms with E-state index in [9.17, 15) is 9.90 Å². The molecular weight excluding hydrogens is 262 g/mol. The monoisotopic (exact) mass is 279 g/mol. The maximum absolute atomic E-state index is 11.7. The SMILES string of the molecule is C=C(Cl)CN1CCC(C(=O)O)(c2ccccc2)CC1. The molecular formula is C15H18ClNO2. The lowest BCUT2D eigenvalue weighted by Crippen LogP contribution is -2.47. The van der Waals surface area contributed by atoms with Crippen molar-refractivity contribution in [1.29, 1.82) is 0 Å². The van der Waals surface area contributed by atoms with E-state index in [1.807, 2.05) is 30.3 Å². The molecule has 1 aromatic carbocycles. The molecule has 3 nitrogen and oxygen atoms in total. The molecule has 0 radical (unpaired) electrons. The van der Waals surface area contributed by atoms with Crippen LogP contribution in [-0.4, -0.2) is 35.6 Å². The molecule has 1 heterocycles. The third-order valence-corrected chi connectivity index (χ3v) is 3.96. The lowest BCUT2D eigenvalue weighted by Gasteiger charge is -2.39. The number of hydrogen-bond donors (Lipinski definition) is 1. The van der Waals surface area contributed by atoms with Crippen LogP contribution in [0, 0.1) is 0 Å². The Hall–Kier alpha value is -1.32. The highest BCUT2D eigenvalue weighted by atomic mass is 35.5. The number of carboxylic acids is 1. The number of likely N-dealkylation sites (tertiary alicyclic amines) is 1. The summed E-state index contributed by atoms with van der Waals surface area (Å²) >= 11 is 5.81. The smallest absolute Gasteiger partial charge is 0.314 e. The Balaban J connectivity index is 2.17. The average Bonchev–Trinajstić information content (AvgIpc) is 2.40. The van der Waals surface area contributed by atoms with E-state index in [0.29, 0.717) is 24.4 Å². The summed E-state index contributed by atoms with van der Waals surface area (Å²) in [7, 11) is 0. The summed E-state index contributed by atoms with van der Waals surface area (Å²) in [6, 6.07) is 9.51. The summed E-state index contributed by atoms with van der Waals surface area (Å²) in [5.74, 6) is -0.733. The van der Waals surface area contributed by atoms with E-state index in [-0.39, 0.29) is 0 Å². The summed E-state index contributed by atoms with van der Waals surface area (Å²) in [6.07, 6.45) is 1.22. The van der Waals surface area contributed by atoms with Crippen molar-refractivity contribution in [2.75, 3.05) is 19.6 Å². The molecule has 0 bridgehead atoms. The highest BCUT2D eigenvalue weighted by Gasteiger charge is 2.42. The average molecular weight is 280 g/mol. The van der Waals surface area contributed by atoms with Crippen LogP contribution in [-0.2, 0) is 10.2 Å². The first-order chi connectivity index (χ1) is 9.04. The molecule has 1 fully saturated rings. The van der Waals surface area contributed by atoms with Crippen molar-refractivity contribution in [3.05, 3.63) is 47.5 Å².